The summed E-state index contributed by atoms with van der Waals surface area (Å²) in [6, 6.07) is 8.50. The van der Waals surface area contributed by atoms with Gasteiger partial charge in [0.15, 0.2) is 0 Å². The van der Waals surface area contributed by atoms with Crippen molar-refractivity contribution in [2.24, 2.45) is 7.47 Å². The van der Waals surface area contributed by atoms with Gasteiger partial charge in [0, 0.05) is 24.8 Å². The van der Waals surface area contributed by atoms with E-state index in [1.54, 1.807) is 0 Å². The molecular formula is C30H50Br2N4O2W. The van der Waals surface area contributed by atoms with Gasteiger partial charge >= 0.3 is 56.3 Å². The van der Waals surface area contributed by atoms with Crippen LogP contribution < -0.4 is 0 Å². The number of nitroso groups, excluding NO2 is 2. The normalized spacial score (nSPS) is 11.0. The summed E-state index contributed by atoms with van der Waals surface area (Å²) in [5.74, 6) is 0. The van der Waals surface area contributed by atoms with Crippen LogP contribution in [-0.4, -0.2) is 9.97 Å². The predicted octanol–water partition coefficient (Wildman–Crippen LogP) is 11.7. The van der Waals surface area contributed by atoms with Crippen molar-refractivity contribution in [1.82, 2.24) is 9.97 Å². The second kappa shape index (κ2) is 28.7. The van der Waals surface area contributed by atoms with E-state index in [9.17, 15) is 9.81 Å². The Balaban J connectivity index is 0.000000600. The third-order valence-corrected chi connectivity index (χ3v) is 11.5. The number of halogens is 2. The van der Waals surface area contributed by atoms with Crippen LogP contribution >= 0.6 is 26.6 Å². The van der Waals surface area contributed by atoms with E-state index in [0.29, 0.717) is 0 Å². The third-order valence-electron chi connectivity index (χ3n) is 6.32. The zero-order valence-electron chi connectivity index (χ0n) is 24.1. The summed E-state index contributed by atoms with van der Waals surface area (Å²) >= 11 is 1.99. The van der Waals surface area contributed by atoms with Gasteiger partial charge in [0.05, 0.1) is 0 Å². The van der Waals surface area contributed by atoms with E-state index in [4.69, 9.17) is 0 Å². The molecule has 0 spiro atoms. The standard InChI is InChI=1S/2C15H25N.2BrH.2NO.W/c2*1-2-3-4-5-6-7-8-9-10-15-11-13-16-14-12-15;;;2*1-2;/h2*11-14H,2-10H2,1H3;2*1H;;;/q;;;;2*-1;+4/p-2. The molecule has 0 bridgehead atoms. The van der Waals surface area contributed by atoms with E-state index in [1.807, 2.05) is 24.8 Å². The zero-order valence-corrected chi connectivity index (χ0v) is 30.2. The molecule has 0 saturated heterocycles. The van der Waals surface area contributed by atoms with E-state index >= 15 is 0 Å². The van der Waals surface area contributed by atoms with Gasteiger partial charge in [-0.05, 0) is 61.1 Å². The fraction of sp³-hybridized carbons (Fsp3) is 0.667. The predicted molar refractivity (Wildman–Crippen MR) is 171 cm³/mol. The number of pyridine rings is 2. The van der Waals surface area contributed by atoms with Crippen molar-refractivity contribution in [1.29, 1.82) is 0 Å². The van der Waals surface area contributed by atoms with Gasteiger partial charge in [0.25, 0.3) is 0 Å². The van der Waals surface area contributed by atoms with Crippen molar-refractivity contribution < 1.29 is 12.4 Å². The van der Waals surface area contributed by atoms with Crippen LogP contribution in [0, 0.1) is 9.81 Å². The van der Waals surface area contributed by atoms with Gasteiger partial charge in [0.1, 0.15) is 0 Å². The van der Waals surface area contributed by atoms with E-state index in [2.05, 4.69) is 82.1 Å². The topological polar surface area (TPSA) is 84.6 Å². The SMILES string of the molecule is CCCCCCCCCCc1ccncc1.CCCCCCCCCCc1ccncc1.O=[N][W]([Br])([Br])[N]=O. The van der Waals surface area contributed by atoms with E-state index in [0.717, 1.165) is 0 Å². The van der Waals surface area contributed by atoms with E-state index in [-0.39, 0.29) is 0 Å². The van der Waals surface area contributed by atoms with Crippen LogP contribution in [0.3, 0.4) is 0 Å². The molecule has 0 saturated carbocycles. The number of aromatic nitrogens is 2. The molecule has 2 heterocycles. The molecule has 0 amide bonds. The minimum atomic E-state index is -3.50. The Labute approximate surface area is 254 Å². The zero-order chi connectivity index (χ0) is 28.9. The maximum atomic E-state index is 9.51. The number of nitrogens with zero attached hydrogens (tertiary/aromatic N) is 4. The Hall–Kier alpha value is -0.852. The molecular weight excluding hydrogens is 792 g/mol. The average Bonchev–Trinajstić information content (AvgIpc) is 2.97. The van der Waals surface area contributed by atoms with Gasteiger partial charge in [-0.1, -0.05) is 104 Å². The molecule has 0 radical (unpaired) electrons. The van der Waals surface area contributed by atoms with Crippen LogP contribution in [-0.2, 0) is 25.3 Å². The first kappa shape index (κ1) is 38.1. The van der Waals surface area contributed by atoms with Crippen molar-refractivity contribution in [2.45, 2.75) is 129 Å². The molecule has 0 atom stereocenters. The Bertz CT molecular complexity index is 737. The third kappa shape index (κ3) is 27.1. The molecule has 222 valence electrons. The quantitative estimate of drug-likeness (QED) is 0.0982. The molecule has 0 aromatic carbocycles. The molecule has 0 fully saturated rings. The second-order valence-electron chi connectivity index (χ2n) is 9.73. The molecule has 2 rings (SSSR count). The van der Waals surface area contributed by atoms with Gasteiger partial charge in [-0.25, -0.2) is 0 Å². The minimum absolute atomic E-state index is 1.22. The fourth-order valence-electron chi connectivity index (χ4n) is 4.04. The van der Waals surface area contributed by atoms with Crippen LogP contribution in [0.4, 0.5) is 0 Å². The molecule has 2 aromatic rings. The van der Waals surface area contributed by atoms with Crippen LogP contribution in [0.5, 0.6) is 0 Å². The van der Waals surface area contributed by atoms with Crippen molar-refractivity contribution in [2.75, 3.05) is 0 Å². The summed E-state index contributed by atoms with van der Waals surface area (Å²) in [4.78, 5) is 27.1. The molecule has 0 unspecified atom stereocenters. The maximum absolute atomic E-state index is 9.51. The Morgan fingerprint density at radius 2 is 0.821 bits per heavy atom. The molecule has 0 aliphatic rings. The van der Waals surface area contributed by atoms with Gasteiger partial charge in [-0.15, -0.1) is 0 Å². The first-order valence-electron chi connectivity index (χ1n) is 14.7. The summed E-state index contributed by atoms with van der Waals surface area (Å²) in [6.45, 7) is 4.55. The van der Waals surface area contributed by atoms with Crippen LogP contribution in [0.1, 0.15) is 128 Å². The van der Waals surface area contributed by atoms with E-state index in [1.165, 1.54) is 127 Å². The number of unbranched alkanes of at least 4 members (excludes halogenated alkanes) is 14. The first-order chi connectivity index (χ1) is 19.0. The Morgan fingerprint density at radius 3 is 1.08 bits per heavy atom. The van der Waals surface area contributed by atoms with Crippen molar-refractivity contribution in [3.63, 3.8) is 0 Å². The molecule has 6 nitrogen and oxygen atoms in total. The van der Waals surface area contributed by atoms with Gasteiger partial charge in [-0.2, -0.15) is 0 Å². The van der Waals surface area contributed by atoms with Gasteiger partial charge in [-0.3, -0.25) is 9.97 Å². The van der Waals surface area contributed by atoms with E-state index < -0.39 is 12.4 Å². The number of hydrogen-bond donors (Lipinski definition) is 0. The average molecular weight is 842 g/mol. The molecule has 2 aromatic heterocycles. The monoisotopic (exact) mass is 840 g/mol. The molecule has 0 N–H and O–H groups in total. The summed E-state index contributed by atoms with van der Waals surface area (Å²) in [5.41, 5.74) is 2.86. The van der Waals surface area contributed by atoms with Crippen LogP contribution in [0.25, 0.3) is 0 Å². The molecule has 0 aliphatic carbocycles. The fourth-order valence-corrected chi connectivity index (χ4v) is 4.14. The van der Waals surface area contributed by atoms with Crippen molar-refractivity contribution in [3.8, 4) is 0 Å². The second-order valence-corrected chi connectivity index (χ2v) is 35.7. The summed E-state index contributed by atoms with van der Waals surface area (Å²) in [5, 5.41) is 0. The summed E-state index contributed by atoms with van der Waals surface area (Å²) in [7, 11) is 0. The van der Waals surface area contributed by atoms with Gasteiger partial charge in [0.2, 0.25) is 0 Å². The molecule has 0 aliphatic heterocycles. The summed E-state index contributed by atoms with van der Waals surface area (Å²) in [6.07, 6.45) is 32.4. The number of rotatable bonds is 20. The van der Waals surface area contributed by atoms with Crippen LogP contribution in [0.2, 0.25) is 0 Å². The van der Waals surface area contributed by atoms with Gasteiger partial charge < -0.3 is 0 Å². The number of hydrogen-bond acceptors (Lipinski definition) is 6. The van der Waals surface area contributed by atoms with Crippen molar-refractivity contribution >= 4 is 26.6 Å². The molecule has 9 heteroatoms. The van der Waals surface area contributed by atoms with Crippen molar-refractivity contribution in [3.05, 3.63) is 70.0 Å². The Kier molecular flexibility index (Phi) is 28.0. The Morgan fingerprint density at radius 1 is 0.538 bits per heavy atom. The number of aryl methyl sites for hydroxylation is 2. The first-order valence-corrected chi connectivity index (χ1v) is 30.1. The van der Waals surface area contributed by atoms with Crippen LogP contribution in [0.15, 0.2) is 56.5 Å². The molecule has 39 heavy (non-hydrogen) atoms. The summed E-state index contributed by atoms with van der Waals surface area (Å²) < 4.78 is 4.90.